The van der Waals surface area contributed by atoms with E-state index in [-0.39, 0.29) is 18.7 Å². The third-order valence-corrected chi connectivity index (χ3v) is 5.72. The number of alkyl halides is 3. The molecule has 0 saturated heterocycles. The minimum Gasteiger partial charge on any atom is -0.390 e. The molecular formula is C25H19ClF4N2O2. The van der Waals surface area contributed by atoms with Crippen LogP contribution in [-0.4, -0.2) is 29.2 Å². The number of benzene rings is 3. The van der Waals surface area contributed by atoms with Crippen LogP contribution in [0.2, 0.25) is 5.02 Å². The van der Waals surface area contributed by atoms with E-state index in [1.807, 2.05) is 6.07 Å². The van der Waals surface area contributed by atoms with Crippen LogP contribution in [0.25, 0.3) is 0 Å². The molecule has 34 heavy (non-hydrogen) atoms. The molecule has 1 amide bonds. The summed E-state index contributed by atoms with van der Waals surface area (Å²) >= 11 is 6.24. The predicted octanol–water partition coefficient (Wildman–Crippen LogP) is 6.33. The molecule has 9 heteroatoms. The van der Waals surface area contributed by atoms with Crippen LogP contribution in [0.5, 0.6) is 0 Å². The number of carbonyl (C=O) groups is 1. The summed E-state index contributed by atoms with van der Waals surface area (Å²) < 4.78 is 53.0. The van der Waals surface area contributed by atoms with Crippen LogP contribution in [0, 0.1) is 5.82 Å². The van der Waals surface area contributed by atoms with E-state index in [1.165, 1.54) is 41.3 Å². The molecule has 1 atom stereocenters. The lowest BCUT2D eigenvalue weighted by Crippen LogP contribution is -2.37. The van der Waals surface area contributed by atoms with Gasteiger partial charge in [-0.1, -0.05) is 59.2 Å². The molecule has 0 fully saturated rings. The molecule has 0 bridgehead atoms. The van der Waals surface area contributed by atoms with E-state index < -0.39 is 29.6 Å². The second-order valence-electron chi connectivity index (χ2n) is 7.81. The summed E-state index contributed by atoms with van der Waals surface area (Å²) in [5, 5.41) is 4.60. The highest BCUT2D eigenvalue weighted by Crippen LogP contribution is 2.30. The highest BCUT2D eigenvalue weighted by molar-refractivity contribution is 6.34. The van der Waals surface area contributed by atoms with E-state index in [4.69, 9.17) is 16.4 Å². The molecule has 3 aromatic carbocycles. The summed E-state index contributed by atoms with van der Waals surface area (Å²) in [6.45, 7) is 0.0121. The molecule has 0 saturated carbocycles. The monoisotopic (exact) mass is 490 g/mol. The molecular weight excluding hydrogens is 472 g/mol. The third kappa shape index (κ3) is 5.39. The number of halogens is 5. The van der Waals surface area contributed by atoms with E-state index in [2.05, 4.69) is 5.16 Å². The number of carbonyl (C=O) groups excluding carboxylic acids is 1. The second kappa shape index (κ2) is 9.85. The van der Waals surface area contributed by atoms with Crippen LogP contribution < -0.4 is 0 Å². The summed E-state index contributed by atoms with van der Waals surface area (Å²) in [5.74, 6) is -1.29. The standard InChI is InChI=1S/C25H19ClF4N2O2/c26-21-7-3-1-5-19(21)23-13-18(34-31-23)15-32(24(33)20-6-2-4-8-22(20)27)14-16-9-11-17(12-10-16)25(28,29)30/h1-12,18H,13-15H2/t18-/m0/s1. The maximum atomic E-state index is 14.3. The van der Waals surface area contributed by atoms with Gasteiger partial charge in [0.25, 0.3) is 5.91 Å². The van der Waals surface area contributed by atoms with Crippen molar-refractivity contribution in [3.8, 4) is 0 Å². The number of oxime groups is 1. The quantitative estimate of drug-likeness (QED) is 0.379. The lowest BCUT2D eigenvalue weighted by atomic mass is 10.0. The molecule has 4 nitrogen and oxygen atoms in total. The molecule has 0 radical (unpaired) electrons. The average molecular weight is 491 g/mol. The fourth-order valence-corrected chi connectivity index (χ4v) is 3.91. The molecule has 0 aromatic heterocycles. The zero-order chi connectivity index (χ0) is 24.3. The zero-order valence-electron chi connectivity index (χ0n) is 17.7. The van der Waals surface area contributed by atoms with E-state index in [0.29, 0.717) is 28.3 Å². The van der Waals surface area contributed by atoms with Gasteiger partial charge in [0.15, 0.2) is 6.10 Å². The number of rotatable bonds is 6. The first-order chi connectivity index (χ1) is 16.2. The van der Waals surface area contributed by atoms with Crippen molar-refractivity contribution >= 4 is 23.2 Å². The van der Waals surface area contributed by atoms with Gasteiger partial charge in [0, 0.05) is 23.6 Å². The first kappa shape index (κ1) is 23.8. The summed E-state index contributed by atoms with van der Waals surface area (Å²) in [6, 6.07) is 17.2. The van der Waals surface area contributed by atoms with Crippen molar-refractivity contribution < 1.29 is 27.2 Å². The largest absolute Gasteiger partial charge is 0.416 e. The highest BCUT2D eigenvalue weighted by atomic mass is 35.5. The minimum atomic E-state index is -4.47. The molecule has 0 aliphatic carbocycles. The van der Waals surface area contributed by atoms with Gasteiger partial charge in [-0.2, -0.15) is 13.2 Å². The van der Waals surface area contributed by atoms with E-state index in [1.54, 1.807) is 18.2 Å². The SMILES string of the molecule is O=C(c1ccccc1F)N(Cc1ccc(C(F)(F)F)cc1)C[C@@H]1CC(c2ccccc2Cl)=NO1. The van der Waals surface area contributed by atoms with Crippen LogP contribution >= 0.6 is 11.6 Å². The van der Waals surface area contributed by atoms with Gasteiger partial charge >= 0.3 is 6.18 Å². The molecule has 176 valence electrons. The molecule has 4 rings (SSSR count). The van der Waals surface area contributed by atoms with E-state index in [0.717, 1.165) is 12.1 Å². The van der Waals surface area contributed by atoms with Crippen molar-refractivity contribution in [1.29, 1.82) is 0 Å². The maximum absolute atomic E-state index is 14.3. The topological polar surface area (TPSA) is 41.9 Å². The van der Waals surface area contributed by atoms with Gasteiger partial charge in [-0.3, -0.25) is 4.79 Å². The van der Waals surface area contributed by atoms with E-state index >= 15 is 0 Å². The van der Waals surface area contributed by atoms with Crippen LogP contribution in [0.1, 0.15) is 33.5 Å². The molecule has 0 spiro atoms. The number of amides is 1. The van der Waals surface area contributed by atoms with Crippen molar-refractivity contribution in [3.05, 3.63) is 106 Å². The lowest BCUT2D eigenvalue weighted by Gasteiger charge is -2.25. The van der Waals surface area contributed by atoms with Crippen molar-refractivity contribution in [2.24, 2.45) is 5.16 Å². The van der Waals surface area contributed by atoms with Crippen LogP contribution in [-0.2, 0) is 17.6 Å². The number of nitrogens with zero attached hydrogens (tertiary/aromatic N) is 2. The predicted molar refractivity (Wildman–Crippen MR) is 120 cm³/mol. The molecule has 3 aromatic rings. The molecule has 1 aliphatic rings. The third-order valence-electron chi connectivity index (χ3n) is 5.39. The smallest absolute Gasteiger partial charge is 0.390 e. The van der Waals surface area contributed by atoms with Crippen LogP contribution in [0.3, 0.4) is 0 Å². The zero-order valence-corrected chi connectivity index (χ0v) is 18.5. The van der Waals surface area contributed by atoms with Crippen molar-refractivity contribution in [2.45, 2.75) is 25.2 Å². The van der Waals surface area contributed by atoms with Gasteiger partial charge in [-0.25, -0.2) is 4.39 Å². The first-order valence-corrected chi connectivity index (χ1v) is 10.8. The summed E-state index contributed by atoms with van der Waals surface area (Å²) in [5.41, 5.74) is 0.854. The van der Waals surface area contributed by atoms with Crippen molar-refractivity contribution in [2.75, 3.05) is 6.54 Å². The van der Waals surface area contributed by atoms with Gasteiger partial charge < -0.3 is 9.74 Å². The Hall–Kier alpha value is -3.39. The Morgan fingerprint density at radius 1 is 1.03 bits per heavy atom. The van der Waals surface area contributed by atoms with Gasteiger partial charge in [-0.15, -0.1) is 0 Å². The Bertz CT molecular complexity index is 1210. The Kier molecular flexibility index (Phi) is 6.88. The summed E-state index contributed by atoms with van der Waals surface area (Å²) in [6.07, 6.45) is -4.64. The highest BCUT2D eigenvalue weighted by Gasteiger charge is 2.31. The lowest BCUT2D eigenvalue weighted by molar-refractivity contribution is -0.137. The second-order valence-corrected chi connectivity index (χ2v) is 8.22. The van der Waals surface area contributed by atoms with Gasteiger partial charge in [0.05, 0.1) is 23.4 Å². The van der Waals surface area contributed by atoms with Crippen LogP contribution in [0.15, 0.2) is 78.0 Å². The van der Waals surface area contributed by atoms with Crippen LogP contribution in [0.4, 0.5) is 17.6 Å². The van der Waals surface area contributed by atoms with Gasteiger partial charge in [-0.05, 0) is 35.9 Å². The summed E-state index contributed by atoms with van der Waals surface area (Å²) in [4.78, 5) is 20.0. The Balaban J connectivity index is 1.54. The number of hydrogen-bond acceptors (Lipinski definition) is 3. The van der Waals surface area contributed by atoms with Crippen molar-refractivity contribution in [3.63, 3.8) is 0 Å². The average Bonchev–Trinajstić information content (AvgIpc) is 3.27. The van der Waals surface area contributed by atoms with Gasteiger partial charge in [0.1, 0.15) is 5.82 Å². The van der Waals surface area contributed by atoms with Crippen molar-refractivity contribution in [1.82, 2.24) is 4.90 Å². The fraction of sp³-hybridized carbons (Fsp3) is 0.200. The molecule has 0 unspecified atom stereocenters. The Morgan fingerprint density at radius 2 is 1.71 bits per heavy atom. The molecule has 0 N–H and O–H groups in total. The fourth-order valence-electron chi connectivity index (χ4n) is 3.67. The summed E-state index contributed by atoms with van der Waals surface area (Å²) in [7, 11) is 0. The number of hydrogen-bond donors (Lipinski definition) is 0. The van der Waals surface area contributed by atoms with Gasteiger partial charge in [0.2, 0.25) is 0 Å². The Morgan fingerprint density at radius 3 is 2.38 bits per heavy atom. The first-order valence-electron chi connectivity index (χ1n) is 10.4. The van der Waals surface area contributed by atoms with E-state index in [9.17, 15) is 22.4 Å². The maximum Gasteiger partial charge on any atom is 0.416 e. The minimum absolute atomic E-state index is 0.0351. The normalized spacial score (nSPS) is 15.6. The Labute approximate surface area is 198 Å². The molecule has 1 heterocycles. The molecule has 1 aliphatic heterocycles.